The standard InChI is InChI=1S/C31H33N3O6/c1-38-23-13-9-19(10-14-23)29-32-24-17-21(11-15-25(24)34(29)22-7-5-4-6-8-22)30(35)33-28(31(36)37)20-12-16-26(39-2)27(18-20)40-3/h9-18,22,28H,4-8H2,1-3H3,(H,33,35)(H,36,37). The minimum atomic E-state index is -1.28. The Morgan fingerprint density at radius 2 is 1.62 bits per heavy atom. The van der Waals surface area contributed by atoms with Crippen molar-refractivity contribution < 1.29 is 28.9 Å². The van der Waals surface area contributed by atoms with Crippen LogP contribution in [0, 0.1) is 0 Å². The third-order valence-electron chi connectivity index (χ3n) is 7.50. The number of amides is 1. The predicted molar refractivity (Wildman–Crippen MR) is 151 cm³/mol. The molecule has 1 fully saturated rings. The van der Waals surface area contributed by atoms with Gasteiger partial charge in [-0.3, -0.25) is 4.79 Å². The molecule has 1 saturated carbocycles. The predicted octanol–water partition coefficient (Wildman–Crippen LogP) is 5.79. The second kappa shape index (κ2) is 11.7. The van der Waals surface area contributed by atoms with Gasteiger partial charge in [-0.15, -0.1) is 0 Å². The number of carboxylic acids is 1. The molecular formula is C31H33N3O6. The van der Waals surface area contributed by atoms with Gasteiger partial charge in [-0.05, 0) is 73.0 Å². The summed E-state index contributed by atoms with van der Waals surface area (Å²) < 4.78 is 18.2. The Hall–Kier alpha value is -4.53. The molecule has 0 spiro atoms. The van der Waals surface area contributed by atoms with Crippen molar-refractivity contribution >= 4 is 22.9 Å². The molecule has 3 aromatic carbocycles. The molecule has 9 heteroatoms. The monoisotopic (exact) mass is 543 g/mol. The molecule has 1 atom stereocenters. The van der Waals surface area contributed by atoms with Crippen molar-refractivity contribution in [3.63, 3.8) is 0 Å². The molecule has 0 bridgehead atoms. The number of carbonyl (C=O) groups is 2. The molecule has 40 heavy (non-hydrogen) atoms. The van der Waals surface area contributed by atoms with Crippen LogP contribution in [0.3, 0.4) is 0 Å². The first-order valence-corrected chi connectivity index (χ1v) is 13.4. The van der Waals surface area contributed by atoms with Gasteiger partial charge in [0, 0.05) is 17.2 Å². The van der Waals surface area contributed by atoms with E-state index in [0.717, 1.165) is 35.5 Å². The Labute approximate surface area is 232 Å². The minimum Gasteiger partial charge on any atom is -0.497 e. The fourth-order valence-electron chi connectivity index (χ4n) is 5.43. The number of nitrogens with zero attached hydrogens (tertiary/aromatic N) is 2. The van der Waals surface area contributed by atoms with Crippen LogP contribution >= 0.6 is 0 Å². The first kappa shape index (κ1) is 27.1. The van der Waals surface area contributed by atoms with Crippen molar-refractivity contribution in [2.24, 2.45) is 0 Å². The average molecular weight is 544 g/mol. The zero-order chi connectivity index (χ0) is 28.2. The third kappa shape index (κ3) is 5.32. The quantitative estimate of drug-likeness (QED) is 0.275. The minimum absolute atomic E-state index is 0.317. The molecule has 1 aromatic heterocycles. The number of methoxy groups -OCH3 is 3. The molecule has 0 saturated heterocycles. The maximum atomic E-state index is 13.3. The van der Waals surface area contributed by atoms with Crippen LogP contribution in [0.25, 0.3) is 22.4 Å². The van der Waals surface area contributed by atoms with Crippen LogP contribution in [0.15, 0.2) is 60.7 Å². The summed E-state index contributed by atoms with van der Waals surface area (Å²) in [4.78, 5) is 30.4. The number of aromatic nitrogens is 2. The summed E-state index contributed by atoms with van der Waals surface area (Å²) in [6, 6.07) is 17.0. The van der Waals surface area contributed by atoms with Crippen molar-refractivity contribution in [2.75, 3.05) is 21.3 Å². The molecule has 1 aliphatic rings. The Morgan fingerprint density at radius 1 is 0.900 bits per heavy atom. The maximum Gasteiger partial charge on any atom is 0.330 e. The number of hydrogen-bond donors (Lipinski definition) is 2. The van der Waals surface area contributed by atoms with Crippen LogP contribution < -0.4 is 19.5 Å². The molecule has 1 aliphatic carbocycles. The zero-order valence-corrected chi connectivity index (χ0v) is 22.8. The van der Waals surface area contributed by atoms with Gasteiger partial charge in [0.15, 0.2) is 17.5 Å². The van der Waals surface area contributed by atoms with Gasteiger partial charge in [0.05, 0.1) is 32.4 Å². The SMILES string of the molecule is COc1ccc(-c2nc3cc(C(=O)NC(C(=O)O)c4ccc(OC)c(OC)c4)ccc3n2C2CCCCC2)cc1. The van der Waals surface area contributed by atoms with Gasteiger partial charge in [-0.2, -0.15) is 0 Å². The first-order valence-electron chi connectivity index (χ1n) is 13.4. The van der Waals surface area contributed by atoms with E-state index >= 15 is 0 Å². The van der Waals surface area contributed by atoms with Crippen LogP contribution in [0.4, 0.5) is 0 Å². The van der Waals surface area contributed by atoms with E-state index in [0.29, 0.717) is 34.2 Å². The number of carbonyl (C=O) groups excluding carboxylic acids is 1. The lowest BCUT2D eigenvalue weighted by Crippen LogP contribution is -2.33. The Balaban J connectivity index is 1.49. The van der Waals surface area contributed by atoms with E-state index in [1.54, 1.807) is 37.4 Å². The van der Waals surface area contributed by atoms with Crippen LogP contribution in [-0.4, -0.2) is 47.9 Å². The normalized spacial score (nSPS) is 14.5. The van der Waals surface area contributed by atoms with Crippen LogP contribution in [0.2, 0.25) is 0 Å². The molecule has 1 unspecified atom stereocenters. The molecule has 0 radical (unpaired) electrons. The molecule has 9 nitrogen and oxygen atoms in total. The number of aliphatic carboxylic acids is 1. The molecule has 4 aromatic rings. The van der Waals surface area contributed by atoms with Crippen LogP contribution in [0.1, 0.15) is 60.1 Å². The van der Waals surface area contributed by atoms with E-state index in [9.17, 15) is 14.7 Å². The van der Waals surface area contributed by atoms with Crippen molar-refractivity contribution in [3.8, 4) is 28.6 Å². The van der Waals surface area contributed by atoms with Crippen LogP contribution in [-0.2, 0) is 4.79 Å². The lowest BCUT2D eigenvalue weighted by Gasteiger charge is -2.25. The summed E-state index contributed by atoms with van der Waals surface area (Å²) in [5.74, 6) is 0.753. The molecule has 208 valence electrons. The van der Waals surface area contributed by atoms with E-state index in [1.807, 2.05) is 30.3 Å². The van der Waals surface area contributed by atoms with Gasteiger partial charge in [0.25, 0.3) is 5.91 Å². The van der Waals surface area contributed by atoms with Crippen molar-refractivity contribution in [1.82, 2.24) is 14.9 Å². The van der Waals surface area contributed by atoms with Gasteiger partial charge in [0.1, 0.15) is 11.6 Å². The molecule has 2 N–H and O–H groups in total. The number of hydrogen-bond acceptors (Lipinski definition) is 6. The molecule has 0 aliphatic heterocycles. The highest BCUT2D eigenvalue weighted by atomic mass is 16.5. The Kier molecular flexibility index (Phi) is 7.91. The third-order valence-corrected chi connectivity index (χ3v) is 7.50. The zero-order valence-electron chi connectivity index (χ0n) is 22.8. The second-order valence-electron chi connectivity index (χ2n) is 9.89. The second-order valence-corrected chi connectivity index (χ2v) is 9.89. The van der Waals surface area contributed by atoms with E-state index in [2.05, 4.69) is 9.88 Å². The highest BCUT2D eigenvalue weighted by molar-refractivity contribution is 5.99. The molecule has 1 heterocycles. The Bertz CT molecular complexity index is 1520. The molecule has 1 amide bonds. The van der Waals surface area contributed by atoms with Crippen LogP contribution in [0.5, 0.6) is 17.2 Å². The maximum absolute atomic E-state index is 13.3. The van der Waals surface area contributed by atoms with Crippen molar-refractivity contribution in [3.05, 3.63) is 71.8 Å². The van der Waals surface area contributed by atoms with E-state index in [1.165, 1.54) is 33.5 Å². The van der Waals surface area contributed by atoms with Crippen molar-refractivity contribution in [2.45, 2.75) is 44.2 Å². The van der Waals surface area contributed by atoms with Gasteiger partial charge < -0.3 is 29.2 Å². The number of carboxylic acid groups (broad SMARTS) is 1. The number of fused-ring (bicyclic) bond motifs is 1. The van der Waals surface area contributed by atoms with E-state index in [-0.39, 0.29) is 0 Å². The number of benzene rings is 3. The summed E-state index contributed by atoms with van der Waals surface area (Å²) in [5, 5.41) is 12.6. The van der Waals surface area contributed by atoms with Gasteiger partial charge in [-0.25, -0.2) is 9.78 Å². The largest absolute Gasteiger partial charge is 0.497 e. The van der Waals surface area contributed by atoms with Gasteiger partial charge in [-0.1, -0.05) is 25.3 Å². The smallest absolute Gasteiger partial charge is 0.330 e. The summed E-state index contributed by atoms with van der Waals surface area (Å²) in [6.07, 6.45) is 5.71. The van der Waals surface area contributed by atoms with Gasteiger partial charge >= 0.3 is 5.97 Å². The number of imidazole rings is 1. The highest BCUT2D eigenvalue weighted by Crippen LogP contribution is 2.37. The molecule has 5 rings (SSSR count). The number of ether oxygens (including phenoxy) is 3. The number of nitrogens with one attached hydrogen (secondary N) is 1. The molecular weight excluding hydrogens is 510 g/mol. The Morgan fingerprint density at radius 3 is 2.27 bits per heavy atom. The summed E-state index contributed by atoms with van der Waals surface area (Å²) in [6.45, 7) is 0. The topological polar surface area (TPSA) is 112 Å². The highest BCUT2D eigenvalue weighted by Gasteiger charge is 2.26. The lowest BCUT2D eigenvalue weighted by molar-refractivity contribution is -0.139. The fourth-order valence-corrected chi connectivity index (χ4v) is 5.43. The summed E-state index contributed by atoms with van der Waals surface area (Å²) in [7, 11) is 4.61. The number of rotatable bonds is 9. The van der Waals surface area contributed by atoms with Gasteiger partial charge in [0.2, 0.25) is 0 Å². The summed E-state index contributed by atoms with van der Waals surface area (Å²) >= 11 is 0. The van der Waals surface area contributed by atoms with E-state index in [4.69, 9.17) is 19.2 Å². The van der Waals surface area contributed by atoms with Crippen molar-refractivity contribution in [1.29, 1.82) is 0 Å². The lowest BCUT2D eigenvalue weighted by atomic mass is 9.94. The fraction of sp³-hybridized carbons (Fsp3) is 0.323. The average Bonchev–Trinajstić information content (AvgIpc) is 3.38. The summed E-state index contributed by atoms with van der Waals surface area (Å²) in [5.41, 5.74) is 3.29. The van der Waals surface area contributed by atoms with E-state index < -0.39 is 17.9 Å². The first-order chi connectivity index (χ1) is 19.4.